The van der Waals surface area contributed by atoms with Crippen LogP contribution in [0.3, 0.4) is 0 Å². The SMILES string of the molecule is Nc1ccc(CC=O)c(N)c1. The fraction of sp³-hybridized carbons (Fsp3) is 0.125. The topological polar surface area (TPSA) is 69.1 Å². The van der Waals surface area contributed by atoms with E-state index >= 15 is 0 Å². The summed E-state index contributed by atoms with van der Waals surface area (Å²) in [6, 6.07) is 5.15. The normalized spacial score (nSPS) is 9.45. The third kappa shape index (κ3) is 1.70. The standard InChI is InChI=1S/C8H10N2O/c9-7-2-1-6(3-4-11)8(10)5-7/h1-2,4-5H,3,9-10H2. The molecule has 3 heteroatoms. The second-order valence-corrected chi connectivity index (χ2v) is 2.33. The van der Waals surface area contributed by atoms with E-state index in [9.17, 15) is 4.79 Å². The average molecular weight is 150 g/mol. The molecule has 1 aromatic carbocycles. The minimum absolute atomic E-state index is 0.353. The van der Waals surface area contributed by atoms with E-state index in [-0.39, 0.29) is 0 Å². The van der Waals surface area contributed by atoms with Crippen LogP contribution in [0.25, 0.3) is 0 Å². The summed E-state index contributed by atoms with van der Waals surface area (Å²) >= 11 is 0. The van der Waals surface area contributed by atoms with Crippen molar-refractivity contribution >= 4 is 17.7 Å². The molecule has 0 fully saturated rings. The van der Waals surface area contributed by atoms with Crippen molar-refractivity contribution in [2.24, 2.45) is 0 Å². The molecule has 11 heavy (non-hydrogen) atoms. The number of nitrogens with two attached hydrogens (primary N) is 2. The maximum atomic E-state index is 10.1. The summed E-state index contributed by atoms with van der Waals surface area (Å²) in [6.07, 6.45) is 1.17. The maximum Gasteiger partial charge on any atom is 0.124 e. The van der Waals surface area contributed by atoms with Gasteiger partial charge < -0.3 is 16.3 Å². The molecule has 0 amide bonds. The number of benzene rings is 1. The molecule has 1 aromatic rings. The fourth-order valence-corrected chi connectivity index (χ4v) is 0.889. The van der Waals surface area contributed by atoms with Gasteiger partial charge in [0.25, 0.3) is 0 Å². The highest BCUT2D eigenvalue weighted by molar-refractivity contribution is 5.64. The molecule has 0 saturated heterocycles. The molecule has 0 radical (unpaired) electrons. The van der Waals surface area contributed by atoms with Crippen molar-refractivity contribution in [2.45, 2.75) is 6.42 Å². The number of nitrogen functional groups attached to an aromatic ring is 2. The first-order valence-electron chi connectivity index (χ1n) is 3.31. The van der Waals surface area contributed by atoms with Gasteiger partial charge in [-0.3, -0.25) is 0 Å². The zero-order valence-electron chi connectivity index (χ0n) is 6.08. The second-order valence-electron chi connectivity index (χ2n) is 2.33. The molecular weight excluding hydrogens is 140 g/mol. The van der Waals surface area contributed by atoms with Crippen molar-refractivity contribution < 1.29 is 4.79 Å². The van der Waals surface area contributed by atoms with Crippen molar-refractivity contribution in [3.8, 4) is 0 Å². The lowest BCUT2D eigenvalue weighted by Gasteiger charge is -2.01. The largest absolute Gasteiger partial charge is 0.399 e. The summed E-state index contributed by atoms with van der Waals surface area (Å²) in [6.45, 7) is 0. The van der Waals surface area contributed by atoms with E-state index in [2.05, 4.69) is 0 Å². The van der Waals surface area contributed by atoms with Crippen LogP contribution >= 0.6 is 0 Å². The van der Waals surface area contributed by atoms with Gasteiger partial charge in [0.2, 0.25) is 0 Å². The van der Waals surface area contributed by atoms with Gasteiger partial charge in [0, 0.05) is 17.8 Å². The Morgan fingerprint density at radius 2 is 2.09 bits per heavy atom. The van der Waals surface area contributed by atoms with E-state index in [0.29, 0.717) is 17.8 Å². The van der Waals surface area contributed by atoms with Crippen LogP contribution in [0.1, 0.15) is 5.56 Å². The van der Waals surface area contributed by atoms with Gasteiger partial charge in [0.1, 0.15) is 6.29 Å². The molecule has 0 saturated carbocycles. The minimum Gasteiger partial charge on any atom is -0.399 e. The van der Waals surface area contributed by atoms with E-state index < -0.39 is 0 Å². The fourth-order valence-electron chi connectivity index (χ4n) is 0.889. The third-order valence-electron chi connectivity index (χ3n) is 1.47. The van der Waals surface area contributed by atoms with Gasteiger partial charge in [-0.05, 0) is 17.7 Å². The lowest BCUT2D eigenvalue weighted by Crippen LogP contribution is -1.96. The second kappa shape index (κ2) is 3.05. The summed E-state index contributed by atoms with van der Waals surface area (Å²) in [5.41, 5.74) is 13.1. The Balaban J connectivity index is 2.98. The van der Waals surface area contributed by atoms with Crippen LogP contribution < -0.4 is 11.5 Å². The van der Waals surface area contributed by atoms with Gasteiger partial charge >= 0.3 is 0 Å². The van der Waals surface area contributed by atoms with E-state index in [4.69, 9.17) is 11.5 Å². The molecular formula is C8H10N2O. The molecule has 3 nitrogen and oxygen atoms in total. The third-order valence-corrected chi connectivity index (χ3v) is 1.47. The smallest absolute Gasteiger partial charge is 0.124 e. The average Bonchev–Trinajstić information content (AvgIpc) is 1.95. The Hall–Kier alpha value is -1.51. The zero-order valence-corrected chi connectivity index (χ0v) is 6.08. The van der Waals surface area contributed by atoms with E-state index in [1.165, 1.54) is 0 Å². The molecule has 58 valence electrons. The molecule has 0 aliphatic heterocycles. The van der Waals surface area contributed by atoms with Crippen molar-refractivity contribution in [3.05, 3.63) is 23.8 Å². The van der Waals surface area contributed by atoms with Crippen molar-refractivity contribution in [2.75, 3.05) is 11.5 Å². The Morgan fingerprint density at radius 1 is 1.36 bits per heavy atom. The highest BCUT2D eigenvalue weighted by Gasteiger charge is 1.96. The maximum absolute atomic E-state index is 10.1. The van der Waals surface area contributed by atoms with E-state index in [1.807, 2.05) is 0 Å². The van der Waals surface area contributed by atoms with Gasteiger partial charge in [-0.1, -0.05) is 6.07 Å². The van der Waals surface area contributed by atoms with Crippen LogP contribution in [0, 0.1) is 0 Å². The number of carbonyl (C=O) groups excluding carboxylic acids is 1. The van der Waals surface area contributed by atoms with Crippen molar-refractivity contribution in [1.82, 2.24) is 0 Å². The van der Waals surface area contributed by atoms with Crippen LogP contribution in [0.15, 0.2) is 18.2 Å². The summed E-state index contributed by atoms with van der Waals surface area (Å²) in [7, 11) is 0. The van der Waals surface area contributed by atoms with Crippen LogP contribution in [-0.2, 0) is 11.2 Å². The predicted molar refractivity (Wildman–Crippen MR) is 45.0 cm³/mol. The first-order valence-corrected chi connectivity index (χ1v) is 3.31. The number of hydrogen-bond acceptors (Lipinski definition) is 3. The summed E-state index contributed by atoms with van der Waals surface area (Å²) in [5.74, 6) is 0. The number of aldehydes is 1. The highest BCUT2D eigenvalue weighted by atomic mass is 16.1. The van der Waals surface area contributed by atoms with Gasteiger partial charge in [0.15, 0.2) is 0 Å². The number of carbonyl (C=O) groups is 1. The lowest BCUT2D eigenvalue weighted by atomic mass is 10.1. The molecule has 0 aliphatic rings. The first-order chi connectivity index (χ1) is 5.24. The Labute approximate surface area is 65.0 Å². The summed E-state index contributed by atoms with van der Waals surface area (Å²) in [4.78, 5) is 10.1. The van der Waals surface area contributed by atoms with E-state index in [0.717, 1.165) is 11.8 Å². The van der Waals surface area contributed by atoms with E-state index in [1.54, 1.807) is 18.2 Å². The predicted octanol–water partition coefficient (Wildman–Crippen LogP) is 0.592. The molecule has 0 unspecified atom stereocenters. The summed E-state index contributed by atoms with van der Waals surface area (Å²) < 4.78 is 0. The number of hydrogen-bond donors (Lipinski definition) is 2. The van der Waals surface area contributed by atoms with Crippen LogP contribution in [0.2, 0.25) is 0 Å². The molecule has 0 spiro atoms. The minimum atomic E-state index is 0.353. The Morgan fingerprint density at radius 3 is 2.64 bits per heavy atom. The molecule has 0 atom stereocenters. The molecule has 0 aliphatic carbocycles. The summed E-state index contributed by atoms with van der Waals surface area (Å²) in [5, 5.41) is 0. The molecule has 4 N–H and O–H groups in total. The zero-order chi connectivity index (χ0) is 8.27. The lowest BCUT2D eigenvalue weighted by molar-refractivity contribution is -0.107. The quantitative estimate of drug-likeness (QED) is 0.479. The highest BCUT2D eigenvalue weighted by Crippen LogP contribution is 2.14. The molecule has 0 aromatic heterocycles. The van der Waals surface area contributed by atoms with Crippen LogP contribution in [0.5, 0.6) is 0 Å². The van der Waals surface area contributed by atoms with Crippen molar-refractivity contribution in [1.29, 1.82) is 0 Å². The van der Waals surface area contributed by atoms with Gasteiger partial charge in [-0.15, -0.1) is 0 Å². The monoisotopic (exact) mass is 150 g/mol. The Bertz CT molecular complexity index is 271. The molecule has 0 heterocycles. The number of anilines is 2. The van der Waals surface area contributed by atoms with Crippen LogP contribution in [-0.4, -0.2) is 6.29 Å². The van der Waals surface area contributed by atoms with Gasteiger partial charge in [-0.25, -0.2) is 0 Å². The van der Waals surface area contributed by atoms with Crippen LogP contribution in [0.4, 0.5) is 11.4 Å². The van der Waals surface area contributed by atoms with Gasteiger partial charge in [-0.2, -0.15) is 0 Å². The molecule has 0 bridgehead atoms. The molecule has 1 rings (SSSR count). The first kappa shape index (κ1) is 7.60. The Kier molecular flexibility index (Phi) is 2.11. The van der Waals surface area contributed by atoms with Crippen molar-refractivity contribution in [3.63, 3.8) is 0 Å². The van der Waals surface area contributed by atoms with Gasteiger partial charge in [0.05, 0.1) is 0 Å². The number of rotatable bonds is 2.